The van der Waals surface area contributed by atoms with E-state index in [-0.39, 0.29) is 5.82 Å². The molecule has 0 saturated carbocycles. The second-order valence-electron chi connectivity index (χ2n) is 3.73. The van der Waals surface area contributed by atoms with Gasteiger partial charge in [-0.15, -0.1) is 0 Å². The van der Waals surface area contributed by atoms with Crippen LogP contribution in [0.25, 0.3) is 0 Å². The lowest BCUT2D eigenvalue weighted by Gasteiger charge is -2.22. The first-order valence-corrected chi connectivity index (χ1v) is 5.77. The molecule has 2 rings (SSSR count). The topological polar surface area (TPSA) is 41.0 Å². The molecule has 94 valence electrons. The molecule has 0 amide bonds. The molecular formula is C13H15FN4. The van der Waals surface area contributed by atoms with E-state index in [2.05, 4.69) is 15.3 Å². The molecular weight excluding hydrogens is 231 g/mol. The summed E-state index contributed by atoms with van der Waals surface area (Å²) in [6.07, 6.45) is 1.51. The van der Waals surface area contributed by atoms with Crippen LogP contribution >= 0.6 is 0 Å². The maximum atomic E-state index is 12.9. The monoisotopic (exact) mass is 246 g/mol. The number of hydrogen-bond donors (Lipinski definition) is 1. The van der Waals surface area contributed by atoms with Crippen LogP contribution in [0.15, 0.2) is 36.7 Å². The minimum atomic E-state index is -0.242. The molecule has 1 heterocycles. The van der Waals surface area contributed by atoms with Gasteiger partial charge in [0.2, 0.25) is 0 Å². The Bertz CT molecular complexity index is 513. The van der Waals surface area contributed by atoms with Gasteiger partial charge in [0.15, 0.2) is 0 Å². The number of nitrogens with one attached hydrogen (secondary N) is 1. The largest absolute Gasteiger partial charge is 0.373 e. The summed E-state index contributed by atoms with van der Waals surface area (Å²) in [6.45, 7) is 2.76. The summed E-state index contributed by atoms with van der Waals surface area (Å²) >= 11 is 0. The van der Waals surface area contributed by atoms with Gasteiger partial charge in [0.05, 0.1) is 0 Å². The zero-order valence-electron chi connectivity index (χ0n) is 10.4. The van der Waals surface area contributed by atoms with Crippen molar-refractivity contribution in [3.05, 3.63) is 42.5 Å². The Morgan fingerprint density at radius 3 is 2.56 bits per heavy atom. The first kappa shape index (κ1) is 12.3. The molecule has 0 unspecified atom stereocenters. The van der Waals surface area contributed by atoms with E-state index in [1.54, 1.807) is 19.2 Å². The van der Waals surface area contributed by atoms with Crippen molar-refractivity contribution in [1.82, 2.24) is 9.97 Å². The molecule has 0 radical (unpaired) electrons. The highest BCUT2D eigenvalue weighted by Gasteiger charge is 2.09. The van der Waals surface area contributed by atoms with E-state index in [1.165, 1.54) is 18.5 Å². The number of benzene rings is 1. The van der Waals surface area contributed by atoms with E-state index in [4.69, 9.17) is 0 Å². The maximum absolute atomic E-state index is 12.9. The van der Waals surface area contributed by atoms with E-state index in [0.29, 0.717) is 0 Å². The van der Waals surface area contributed by atoms with Crippen molar-refractivity contribution in [1.29, 1.82) is 0 Å². The van der Waals surface area contributed by atoms with E-state index in [9.17, 15) is 4.39 Å². The highest BCUT2D eigenvalue weighted by molar-refractivity contribution is 5.61. The number of halogens is 1. The number of hydrogen-bond acceptors (Lipinski definition) is 4. The van der Waals surface area contributed by atoms with E-state index >= 15 is 0 Å². The lowest BCUT2D eigenvalue weighted by atomic mass is 10.2. The maximum Gasteiger partial charge on any atom is 0.138 e. The average Bonchev–Trinajstić information content (AvgIpc) is 2.42. The summed E-state index contributed by atoms with van der Waals surface area (Å²) in [7, 11) is 1.81. The van der Waals surface area contributed by atoms with E-state index < -0.39 is 0 Å². The van der Waals surface area contributed by atoms with Crippen molar-refractivity contribution in [3.8, 4) is 0 Å². The highest BCUT2D eigenvalue weighted by atomic mass is 19.1. The minimum absolute atomic E-state index is 0.242. The van der Waals surface area contributed by atoms with Gasteiger partial charge in [-0.1, -0.05) is 0 Å². The average molecular weight is 246 g/mol. The molecule has 0 aliphatic rings. The summed E-state index contributed by atoms with van der Waals surface area (Å²) < 4.78 is 12.9. The number of rotatable bonds is 4. The van der Waals surface area contributed by atoms with Crippen molar-refractivity contribution in [2.75, 3.05) is 23.8 Å². The van der Waals surface area contributed by atoms with Crippen molar-refractivity contribution in [2.45, 2.75) is 6.92 Å². The molecule has 5 heteroatoms. The van der Waals surface area contributed by atoms with Crippen LogP contribution in [-0.4, -0.2) is 23.6 Å². The van der Waals surface area contributed by atoms with Crippen LogP contribution in [-0.2, 0) is 0 Å². The molecule has 1 N–H and O–H groups in total. The minimum Gasteiger partial charge on any atom is -0.373 e. The van der Waals surface area contributed by atoms with Crippen molar-refractivity contribution in [2.24, 2.45) is 0 Å². The van der Waals surface area contributed by atoms with Crippen LogP contribution in [0.3, 0.4) is 0 Å². The normalized spacial score (nSPS) is 10.2. The molecule has 1 aromatic carbocycles. The van der Waals surface area contributed by atoms with Gasteiger partial charge in [-0.05, 0) is 31.2 Å². The van der Waals surface area contributed by atoms with Gasteiger partial charge < -0.3 is 10.2 Å². The first-order valence-electron chi connectivity index (χ1n) is 5.77. The van der Waals surface area contributed by atoms with E-state index in [1.807, 2.05) is 17.9 Å². The lowest BCUT2D eigenvalue weighted by molar-refractivity contribution is 0.628. The second kappa shape index (κ2) is 5.44. The molecule has 2 aromatic rings. The van der Waals surface area contributed by atoms with Gasteiger partial charge in [0, 0.05) is 25.3 Å². The number of anilines is 3. The Morgan fingerprint density at radius 1 is 1.22 bits per heavy atom. The van der Waals surface area contributed by atoms with Crippen LogP contribution in [0.5, 0.6) is 0 Å². The van der Waals surface area contributed by atoms with Crippen LogP contribution in [0.2, 0.25) is 0 Å². The fraction of sp³-hybridized carbons (Fsp3) is 0.231. The molecule has 0 bridgehead atoms. The van der Waals surface area contributed by atoms with Gasteiger partial charge in [-0.25, -0.2) is 14.4 Å². The van der Waals surface area contributed by atoms with Crippen LogP contribution < -0.4 is 10.2 Å². The Kier molecular flexibility index (Phi) is 3.72. The molecule has 0 saturated heterocycles. The number of nitrogens with zero attached hydrogens (tertiary/aromatic N) is 3. The molecule has 0 aliphatic heterocycles. The Balaban J connectivity index is 2.35. The summed E-state index contributed by atoms with van der Waals surface area (Å²) in [5, 5.41) is 2.97. The third kappa shape index (κ3) is 2.56. The van der Waals surface area contributed by atoms with E-state index in [0.717, 1.165) is 23.9 Å². The zero-order valence-corrected chi connectivity index (χ0v) is 10.4. The van der Waals surface area contributed by atoms with Crippen molar-refractivity contribution in [3.63, 3.8) is 0 Å². The first-order chi connectivity index (χ1) is 8.74. The second-order valence-corrected chi connectivity index (χ2v) is 3.73. The smallest absolute Gasteiger partial charge is 0.138 e. The lowest BCUT2D eigenvalue weighted by Crippen LogP contribution is -2.17. The fourth-order valence-corrected chi connectivity index (χ4v) is 1.73. The van der Waals surface area contributed by atoms with Crippen molar-refractivity contribution >= 4 is 17.3 Å². The zero-order chi connectivity index (χ0) is 13.0. The summed E-state index contributed by atoms with van der Waals surface area (Å²) in [4.78, 5) is 10.3. The Morgan fingerprint density at radius 2 is 1.94 bits per heavy atom. The standard InChI is InChI=1S/C13H15FN4/c1-3-18(11-6-4-10(14)5-7-11)13-8-12(15-2)16-9-17-13/h4-9H,3H2,1-2H3,(H,15,16,17). The van der Waals surface area contributed by atoms with Crippen molar-refractivity contribution < 1.29 is 4.39 Å². The van der Waals surface area contributed by atoms with Crippen LogP contribution in [0.4, 0.5) is 21.7 Å². The predicted octanol–water partition coefficient (Wildman–Crippen LogP) is 2.82. The third-order valence-electron chi connectivity index (χ3n) is 2.64. The highest BCUT2D eigenvalue weighted by Crippen LogP contribution is 2.24. The Hall–Kier alpha value is -2.17. The predicted molar refractivity (Wildman–Crippen MR) is 70.7 cm³/mol. The van der Waals surface area contributed by atoms with Gasteiger partial charge in [-0.2, -0.15) is 0 Å². The number of aromatic nitrogens is 2. The molecule has 18 heavy (non-hydrogen) atoms. The SMILES string of the molecule is CCN(c1ccc(F)cc1)c1cc(NC)ncn1. The van der Waals surface area contributed by atoms with Crippen LogP contribution in [0, 0.1) is 5.82 Å². The van der Waals surface area contributed by atoms with Gasteiger partial charge in [0.25, 0.3) is 0 Å². The summed E-state index contributed by atoms with van der Waals surface area (Å²) in [5.41, 5.74) is 0.902. The fourth-order valence-electron chi connectivity index (χ4n) is 1.73. The molecule has 4 nitrogen and oxygen atoms in total. The molecule has 0 aliphatic carbocycles. The molecule has 0 atom stereocenters. The molecule has 0 fully saturated rings. The van der Waals surface area contributed by atoms with Crippen LogP contribution in [0.1, 0.15) is 6.92 Å². The quantitative estimate of drug-likeness (QED) is 0.900. The Labute approximate surface area is 105 Å². The molecule has 0 spiro atoms. The summed E-state index contributed by atoms with van der Waals surface area (Å²) in [6, 6.07) is 8.21. The van der Waals surface area contributed by atoms with Gasteiger partial charge >= 0.3 is 0 Å². The summed E-state index contributed by atoms with van der Waals surface area (Å²) in [5.74, 6) is 1.29. The van der Waals surface area contributed by atoms with Gasteiger partial charge in [0.1, 0.15) is 23.8 Å². The molecule has 1 aromatic heterocycles. The van der Waals surface area contributed by atoms with Gasteiger partial charge in [-0.3, -0.25) is 0 Å². The third-order valence-corrected chi connectivity index (χ3v) is 2.64.